The van der Waals surface area contributed by atoms with Gasteiger partial charge in [-0.1, -0.05) is 0 Å². The van der Waals surface area contributed by atoms with E-state index in [0.29, 0.717) is 19.4 Å². The number of carbonyl (C=O) groups excluding carboxylic acids is 3. The standard InChI is InChI=1S/C18H31N5O9/c1-9(15(28)23-12(18(31)32)5-6-13(24)25)21-17(30)11(4-2-3-7-19)22-16(29)10(20)8-14(26)27/h9-12H,2-8,19-20H2,1H3,(H,21,30)(H,22,29)(H,23,28)(H,24,25)(H,26,27)(H,31,32). The molecular formula is C18H31N5O9. The fraction of sp³-hybridized carbons (Fsp3) is 0.667. The molecule has 0 aromatic carbocycles. The van der Waals surface area contributed by atoms with Crippen LogP contribution in [0.5, 0.6) is 0 Å². The van der Waals surface area contributed by atoms with Crippen LogP contribution in [0.3, 0.4) is 0 Å². The van der Waals surface area contributed by atoms with Gasteiger partial charge in [0, 0.05) is 6.42 Å². The Balaban J connectivity index is 5.08. The Labute approximate surface area is 184 Å². The predicted molar refractivity (Wildman–Crippen MR) is 109 cm³/mol. The normalized spacial score (nSPS) is 14.3. The molecule has 14 nitrogen and oxygen atoms in total. The minimum absolute atomic E-state index is 0.138. The van der Waals surface area contributed by atoms with Crippen molar-refractivity contribution in [1.29, 1.82) is 0 Å². The minimum Gasteiger partial charge on any atom is -0.481 e. The minimum atomic E-state index is -1.47. The summed E-state index contributed by atoms with van der Waals surface area (Å²) in [6.45, 7) is 1.62. The number of hydrogen-bond donors (Lipinski definition) is 8. The summed E-state index contributed by atoms with van der Waals surface area (Å²) in [7, 11) is 0. The second-order valence-electron chi connectivity index (χ2n) is 7.11. The molecule has 0 aliphatic heterocycles. The van der Waals surface area contributed by atoms with Crippen LogP contribution in [-0.2, 0) is 28.8 Å². The summed E-state index contributed by atoms with van der Waals surface area (Å²) >= 11 is 0. The van der Waals surface area contributed by atoms with Crippen molar-refractivity contribution < 1.29 is 44.1 Å². The Morgan fingerprint density at radius 2 is 1.38 bits per heavy atom. The molecule has 32 heavy (non-hydrogen) atoms. The van der Waals surface area contributed by atoms with Crippen LogP contribution in [0.2, 0.25) is 0 Å². The van der Waals surface area contributed by atoms with Gasteiger partial charge in [0.1, 0.15) is 18.1 Å². The zero-order valence-electron chi connectivity index (χ0n) is 17.7. The van der Waals surface area contributed by atoms with Crippen LogP contribution in [0.15, 0.2) is 0 Å². The third-order valence-corrected chi connectivity index (χ3v) is 4.32. The van der Waals surface area contributed by atoms with Crippen molar-refractivity contribution in [2.75, 3.05) is 6.54 Å². The SMILES string of the molecule is CC(NC(=O)C(CCCCN)NC(=O)C(N)CC(=O)O)C(=O)NC(CCC(=O)O)C(=O)O. The first kappa shape index (κ1) is 28.7. The Bertz CT molecular complexity index is 700. The maximum absolute atomic E-state index is 12.6. The lowest BCUT2D eigenvalue weighted by atomic mass is 10.1. The van der Waals surface area contributed by atoms with E-state index in [1.165, 1.54) is 6.92 Å². The van der Waals surface area contributed by atoms with E-state index in [0.717, 1.165) is 0 Å². The van der Waals surface area contributed by atoms with Crippen LogP contribution in [0, 0.1) is 0 Å². The first-order chi connectivity index (χ1) is 14.9. The maximum atomic E-state index is 12.6. The van der Waals surface area contributed by atoms with E-state index < -0.39 is 72.6 Å². The highest BCUT2D eigenvalue weighted by atomic mass is 16.4. The molecule has 0 saturated carbocycles. The molecule has 0 bridgehead atoms. The average molecular weight is 461 g/mol. The van der Waals surface area contributed by atoms with Crippen LogP contribution in [-0.4, -0.2) is 81.7 Å². The van der Waals surface area contributed by atoms with Crippen LogP contribution in [0.1, 0.15) is 45.4 Å². The molecule has 0 aromatic rings. The van der Waals surface area contributed by atoms with E-state index in [2.05, 4.69) is 16.0 Å². The lowest BCUT2D eigenvalue weighted by molar-refractivity contribution is -0.143. The van der Waals surface area contributed by atoms with Gasteiger partial charge < -0.3 is 42.7 Å². The molecule has 0 fully saturated rings. The van der Waals surface area contributed by atoms with Crippen molar-refractivity contribution >= 4 is 35.6 Å². The number of aliphatic carboxylic acids is 3. The van der Waals surface area contributed by atoms with E-state index in [-0.39, 0.29) is 12.8 Å². The molecular weight excluding hydrogens is 430 g/mol. The van der Waals surface area contributed by atoms with Gasteiger partial charge >= 0.3 is 17.9 Å². The van der Waals surface area contributed by atoms with E-state index in [9.17, 15) is 28.8 Å². The summed E-state index contributed by atoms with van der Waals surface area (Å²) in [5.74, 6) is -6.46. The molecule has 3 amide bonds. The second kappa shape index (κ2) is 14.7. The van der Waals surface area contributed by atoms with Crippen molar-refractivity contribution in [2.24, 2.45) is 11.5 Å². The van der Waals surface area contributed by atoms with Gasteiger partial charge in [-0.3, -0.25) is 24.0 Å². The molecule has 4 unspecified atom stereocenters. The number of carbonyl (C=O) groups is 6. The number of rotatable bonds is 16. The van der Waals surface area contributed by atoms with Gasteiger partial charge in [0.25, 0.3) is 0 Å². The fourth-order valence-corrected chi connectivity index (χ4v) is 2.52. The van der Waals surface area contributed by atoms with Gasteiger partial charge in [-0.05, 0) is 39.2 Å². The molecule has 0 aromatic heterocycles. The third-order valence-electron chi connectivity index (χ3n) is 4.32. The average Bonchev–Trinajstić information content (AvgIpc) is 2.68. The lowest BCUT2D eigenvalue weighted by Gasteiger charge is -2.23. The van der Waals surface area contributed by atoms with Crippen LogP contribution < -0.4 is 27.4 Å². The molecule has 10 N–H and O–H groups in total. The largest absolute Gasteiger partial charge is 0.481 e. The summed E-state index contributed by atoms with van der Waals surface area (Å²) in [5, 5.41) is 33.3. The molecule has 182 valence electrons. The molecule has 0 heterocycles. The number of carboxylic acid groups (broad SMARTS) is 3. The Morgan fingerprint density at radius 1 is 0.781 bits per heavy atom. The molecule has 4 atom stereocenters. The Kier molecular flexibility index (Phi) is 13.2. The lowest BCUT2D eigenvalue weighted by Crippen LogP contribution is -2.56. The van der Waals surface area contributed by atoms with Gasteiger partial charge in [0.15, 0.2) is 0 Å². The molecule has 0 rings (SSSR count). The first-order valence-corrected chi connectivity index (χ1v) is 9.92. The second-order valence-corrected chi connectivity index (χ2v) is 7.11. The van der Waals surface area contributed by atoms with Crippen molar-refractivity contribution in [1.82, 2.24) is 16.0 Å². The molecule has 0 spiro atoms. The highest BCUT2D eigenvalue weighted by Gasteiger charge is 2.28. The molecule has 0 aliphatic rings. The topological polar surface area (TPSA) is 251 Å². The highest BCUT2D eigenvalue weighted by molar-refractivity contribution is 5.94. The van der Waals surface area contributed by atoms with Gasteiger partial charge in [-0.2, -0.15) is 0 Å². The first-order valence-electron chi connectivity index (χ1n) is 9.92. The summed E-state index contributed by atoms with van der Waals surface area (Å²) < 4.78 is 0. The Hall–Kier alpha value is -3.26. The number of amides is 3. The smallest absolute Gasteiger partial charge is 0.326 e. The summed E-state index contributed by atoms with van der Waals surface area (Å²) in [6.07, 6.45) is -0.352. The monoisotopic (exact) mass is 461 g/mol. The van der Waals surface area contributed by atoms with E-state index in [4.69, 9.17) is 26.8 Å². The van der Waals surface area contributed by atoms with E-state index in [1.54, 1.807) is 0 Å². The Morgan fingerprint density at radius 3 is 1.88 bits per heavy atom. The van der Waals surface area contributed by atoms with Crippen molar-refractivity contribution in [3.05, 3.63) is 0 Å². The van der Waals surface area contributed by atoms with Crippen LogP contribution >= 0.6 is 0 Å². The van der Waals surface area contributed by atoms with Crippen molar-refractivity contribution in [3.8, 4) is 0 Å². The number of carboxylic acids is 3. The molecule has 0 radical (unpaired) electrons. The van der Waals surface area contributed by atoms with Crippen molar-refractivity contribution in [3.63, 3.8) is 0 Å². The fourth-order valence-electron chi connectivity index (χ4n) is 2.52. The van der Waals surface area contributed by atoms with Crippen LogP contribution in [0.4, 0.5) is 0 Å². The summed E-state index contributed by atoms with van der Waals surface area (Å²) in [4.78, 5) is 69.5. The predicted octanol–water partition coefficient (Wildman–Crippen LogP) is -2.66. The van der Waals surface area contributed by atoms with Crippen LogP contribution in [0.25, 0.3) is 0 Å². The van der Waals surface area contributed by atoms with Gasteiger partial charge in [0.2, 0.25) is 17.7 Å². The quantitative estimate of drug-likeness (QED) is 0.110. The van der Waals surface area contributed by atoms with Gasteiger partial charge in [-0.15, -0.1) is 0 Å². The zero-order valence-corrected chi connectivity index (χ0v) is 17.7. The van der Waals surface area contributed by atoms with Gasteiger partial charge in [-0.25, -0.2) is 4.79 Å². The number of nitrogens with two attached hydrogens (primary N) is 2. The van der Waals surface area contributed by atoms with Gasteiger partial charge in [0.05, 0.1) is 12.5 Å². The molecule has 0 aliphatic carbocycles. The maximum Gasteiger partial charge on any atom is 0.326 e. The molecule has 14 heteroatoms. The zero-order chi connectivity index (χ0) is 24.8. The third kappa shape index (κ3) is 11.8. The summed E-state index contributed by atoms with van der Waals surface area (Å²) in [5.41, 5.74) is 10.9. The number of unbranched alkanes of at least 4 members (excludes halogenated alkanes) is 1. The van der Waals surface area contributed by atoms with E-state index >= 15 is 0 Å². The number of nitrogens with one attached hydrogen (secondary N) is 3. The van der Waals surface area contributed by atoms with Crippen molar-refractivity contribution in [2.45, 2.75) is 69.6 Å². The molecule has 0 saturated heterocycles. The summed E-state index contributed by atoms with van der Waals surface area (Å²) in [6, 6.07) is -5.20. The highest BCUT2D eigenvalue weighted by Crippen LogP contribution is 2.04. The number of hydrogen-bond acceptors (Lipinski definition) is 8. The van der Waals surface area contributed by atoms with E-state index in [1.807, 2.05) is 0 Å².